The monoisotopic (exact) mass is 298 g/mol. The van der Waals surface area contributed by atoms with Gasteiger partial charge < -0.3 is 20.1 Å². The molecule has 2 N–H and O–H groups in total. The summed E-state index contributed by atoms with van der Waals surface area (Å²) in [4.78, 5) is 13.8. The molecule has 1 saturated heterocycles. The van der Waals surface area contributed by atoms with Gasteiger partial charge in [0.1, 0.15) is 5.60 Å². The van der Waals surface area contributed by atoms with E-state index in [-0.39, 0.29) is 12.2 Å². The number of hydrogen-bond acceptors (Lipinski definition) is 4. The highest BCUT2D eigenvalue weighted by Gasteiger charge is 2.28. The summed E-state index contributed by atoms with van der Waals surface area (Å²) in [5, 5.41) is 13.1. The van der Waals surface area contributed by atoms with Gasteiger partial charge in [0, 0.05) is 19.1 Å². The first-order valence-electron chi connectivity index (χ1n) is 8.23. The SMILES string of the molecule is CC(C)(C)OC(=O)N1CCC(NCC2CCC(O)C2)CC1. The zero-order valence-corrected chi connectivity index (χ0v) is 13.6. The van der Waals surface area contributed by atoms with E-state index < -0.39 is 5.60 Å². The van der Waals surface area contributed by atoms with Crippen LogP contribution in [0.5, 0.6) is 0 Å². The Balaban J connectivity index is 1.65. The maximum Gasteiger partial charge on any atom is 0.410 e. The molecule has 21 heavy (non-hydrogen) atoms. The van der Waals surface area contributed by atoms with Gasteiger partial charge in [-0.05, 0) is 65.3 Å². The summed E-state index contributed by atoms with van der Waals surface area (Å²) in [7, 11) is 0. The van der Waals surface area contributed by atoms with Crippen molar-refractivity contribution >= 4 is 6.09 Å². The minimum Gasteiger partial charge on any atom is -0.444 e. The van der Waals surface area contributed by atoms with Gasteiger partial charge >= 0.3 is 6.09 Å². The van der Waals surface area contributed by atoms with Crippen molar-refractivity contribution in [1.82, 2.24) is 10.2 Å². The van der Waals surface area contributed by atoms with Gasteiger partial charge in [-0.25, -0.2) is 4.79 Å². The van der Waals surface area contributed by atoms with Crippen LogP contribution < -0.4 is 5.32 Å². The molecule has 0 aromatic carbocycles. The van der Waals surface area contributed by atoms with Crippen molar-refractivity contribution in [2.24, 2.45) is 5.92 Å². The molecular weight excluding hydrogens is 268 g/mol. The highest BCUT2D eigenvalue weighted by atomic mass is 16.6. The van der Waals surface area contributed by atoms with Crippen molar-refractivity contribution in [3.05, 3.63) is 0 Å². The average molecular weight is 298 g/mol. The Morgan fingerprint density at radius 3 is 2.43 bits per heavy atom. The number of nitrogens with one attached hydrogen (secondary N) is 1. The Bertz CT molecular complexity index is 346. The number of rotatable bonds is 3. The first-order chi connectivity index (χ1) is 9.83. The maximum atomic E-state index is 12.0. The van der Waals surface area contributed by atoms with E-state index in [2.05, 4.69) is 5.32 Å². The summed E-state index contributed by atoms with van der Waals surface area (Å²) in [6.07, 6.45) is 4.69. The molecule has 2 fully saturated rings. The second kappa shape index (κ2) is 6.97. The number of piperidine rings is 1. The van der Waals surface area contributed by atoms with E-state index in [1.807, 2.05) is 25.7 Å². The van der Waals surface area contributed by atoms with Crippen LogP contribution in [-0.4, -0.2) is 53.5 Å². The van der Waals surface area contributed by atoms with Crippen molar-refractivity contribution in [3.8, 4) is 0 Å². The predicted molar refractivity (Wildman–Crippen MR) is 82.2 cm³/mol. The number of carbonyl (C=O) groups is 1. The molecule has 1 saturated carbocycles. The molecular formula is C16H30N2O3. The van der Waals surface area contributed by atoms with Gasteiger partial charge in [0.15, 0.2) is 0 Å². The van der Waals surface area contributed by atoms with Crippen molar-refractivity contribution in [3.63, 3.8) is 0 Å². The van der Waals surface area contributed by atoms with E-state index in [0.29, 0.717) is 12.0 Å². The summed E-state index contributed by atoms with van der Waals surface area (Å²) < 4.78 is 5.40. The molecule has 2 atom stereocenters. The highest BCUT2D eigenvalue weighted by Crippen LogP contribution is 2.25. The summed E-state index contributed by atoms with van der Waals surface area (Å²) >= 11 is 0. The van der Waals surface area contributed by atoms with Crippen LogP contribution in [0.3, 0.4) is 0 Å². The zero-order chi connectivity index (χ0) is 15.5. The van der Waals surface area contributed by atoms with Crippen LogP contribution in [0.2, 0.25) is 0 Å². The molecule has 0 spiro atoms. The Labute approximate surface area is 128 Å². The Kier molecular flexibility index (Phi) is 5.49. The Morgan fingerprint density at radius 2 is 1.90 bits per heavy atom. The first-order valence-corrected chi connectivity index (χ1v) is 8.23. The molecule has 5 heteroatoms. The van der Waals surface area contributed by atoms with Crippen molar-refractivity contribution in [2.45, 2.75) is 70.6 Å². The second-order valence-electron chi connectivity index (χ2n) is 7.48. The maximum absolute atomic E-state index is 12.0. The van der Waals surface area contributed by atoms with E-state index in [1.54, 1.807) is 0 Å². The number of aliphatic hydroxyl groups is 1. The van der Waals surface area contributed by atoms with Crippen LogP contribution in [0, 0.1) is 5.92 Å². The molecule has 1 amide bonds. The van der Waals surface area contributed by atoms with E-state index in [1.165, 1.54) is 0 Å². The number of nitrogens with zero attached hydrogens (tertiary/aromatic N) is 1. The Morgan fingerprint density at radius 1 is 1.24 bits per heavy atom. The van der Waals surface area contributed by atoms with Gasteiger partial charge in [-0.2, -0.15) is 0 Å². The Hall–Kier alpha value is -0.810. The fourth-order valence-corrected chi connectivity index (χ4v) is 3.16. The molecule has 2 unspecified atom stereocenters. The van der Waals surface area contributed by atoms with Crippen molar-refractivity contribution < 1.29 is 14.6 Å². The number of ether oxygens (including phenoxy) is 1. The number of hydrogen-bond donors (Lipinski definition) is 2. The van der Waals surface area contributed by atoms with Crippen LogP contribution in [-0.2, 0) is 4.74 Å². The lowest BCUT2D eigenvalue weighted by Crippen LogP contribution is -2.47. The molecule has 0 aromatic rings. The summed E-state index contributed by atoms with van der Waals surface area (Å²) in [5.41, 5.74) is -0.421. The minimum atomic E-state index is -0.421. The smallest absolute Gasteiger partial charge is 0.410 e. The molecule has 1 aliphatic heterocycles. The number of aliphatic hydroxyl groups excluding tert-OH is 1. The number of amides is 1. The van der Waals surface area contributed by atoms with Gasteiger partial charge in [0.25, 0.3) is 0 Å². The number of carbonyl (C=O) groups excluding carboxylic acids is 1. The molecule has 2 rings (SSSR count). The van der Waals surface area contributed by atoms with E-state index in [9.17, 15) is 9.90 Å². The minimum absolute atomic E-state index is 0.0918. The fourth-order valence-electron chi connectivity index (χ4n) is 3.16. The molecule has 122 valence electrons. The zero-order valence-electron chi connectivity index (χ0n) is 13.6. The van der Waals surface area contributed by atoms with E-state index in [4.69, 9.17) is 4.74 Å². The largest absolute Gasteiger partial charge is 0.444 e. The normalized spacial score (nSPS) is 27.9. The van der Waals surface area contributed by atoms with Gasteiger partial charge in [-0.1, -0.05) is 0 Å². The van der Waals surface area contributed by atoms with E-state index >= 15 is 0 Å². The first kappa shape index (κ1) is 16.6. The molecule has 1 heterocycles. The third-order valence-electron chi connectivity index (χ3n) is 4.36. The number of likely N-dealkylation sites (tertiary alicyclic amines) is 1. The molecule has 0 bridgehead atoms. The van der Waals surface area contributed by atoms with Crippen molar-refractivity contribution in [1.29, 1.82) is 0 Å². The third kappa shape index (κ3) is 5.47. The predicted octanol–water partition coefficient (Wildman–Crippen LogP) is 2.14. The van der Waals surface area contributed by atoms with Crippen LogP contribution in [0.15, 0.2) is 0 Å². The summed E-state index contributed by atoms with van der Waals surface area (Å²) in [6, 6.07) is 0.487. The third-order valence-corrected chi connectivity index (χ3v) is 4.36. The molecule has 5 nitrogen and oxygen atoms in total. The van der Waals surface area contributed by atoms with Crippen LogP contribution >= 0.6 is 0 Å². The topological polar surface area (TPSA) is 61.8 Å². The highest BCUT2D eigenvalue weighted by molar-refractivity contribution is 5.68. The quantitative estimate of drug-likeness (QED) is 0.838. The molecule has 0 aromatic heterocycles. The second-order valence-corrected chi connectivity index (χ2v) is 7.48. The van der Waals surface area contributed by atoms with Crippen LogP contribution in [0.25, 0.3) is 0 Å². The van der Waals surface area contributed by atoms with Gasteiger partial charge in [-0.3, -0.25) is 0 Å². The lowest BCUT2D eigenvalue weighted by molar-refractivity contribution is 0.0197. The van der Waals surface area contributed by atoms with Crippen LogP contribution in [0.1, 0.15) is 52.9 Å². The molecule has 2 aliphatic rings. The lowest BCUT2D eigenvalue weighted by atomic mass is 10.0. The molecule has 0 radical (unpaired) electrons. The fraction of sp³-hybridized carbons (Fsp3) is 0.938. The van der Waals surface area contributed by atoms with Crippen LogP contribution in [0.4, 0.5) is 4.79 Å². The van der Waals surface area contributed by atoms with Gasteiger partial charge in [-0.15, -0.1) is 0 Å². The van der Waals surface area contributed by atoms with Gasteiger partial charge in [0.2, 0.25) is 0 Å². The standard InChI is InChI=1S/C16H30N2O3/c1-16(2,3)21-15(20)18-8-6-13(7-9-18)17-11-12-4-5-14(19)10-12/h12-14,17,19H,4-11H2,1-3H3. The van der Waals surface area contributed by atoms with Crippen molar-refractivity contribution in [2.75, 3.05) is 19.6 Å². The summed E-state index contributed by atoms with van der Waals surface area (Å²) in [5.74, 6) is 0.615. The van der Waals surface area contributed by atoms with E-state index in [0.717, 1.165) is 51.7 Å². The summed E-state index contributed by atoms with van der Waals surface area (Å²) in [6.45, 7) is 8.22. The average Bonchev–Trinajstić information content (AvgIpc) is 2.81. The molecule has 1 aliphatic carbocycles. The van der Waals surface area contributed by atoms with Gasteiger partial charge in [0.05, 0.1) is 6.10 Å². The lowest BCUT2D eigenvalue weighted by Gasteiger charge is -2.34.